The molecule has 2 N–H and O–H groups in total. The molecule has 0 spiro atoms. The van der Waals surface area contributed by atoms with Gasteiger partial charge in [0.2, 0.25) is 0 Å². The van der Waals surface area contributed by atoms with Gasteiger partial charge in [-0.25, -0.2) is 4.98 Å². The van der Waals surface area contributed by atoms with Crippen LogP contribution in [0.4, 0.5) is 5.13 Å². The summed E-state index contributed by atoms with van der Waals surface area (Å²) in [5.74, 6) is -0.0963. The van der Waals surface area contributed by atoms with Crippen LogP contribution < -0.4 is 10.6 Å². The second-order valence-corrected chi connectivity index (χ2v) is 7.66. The van der Waals surface area contributed by atoms with E-state index in [2.05, 4.69) is 25.5 Å². The Morgan fingerprint density at radius 2 is 2.14 bits per heavy atom. The molecule has 3 heterocycles. The number of nitrogens with one attached hydrogen (secondary N) is 2. The van der Waals surface area contributed by atoms with Crippen LogP contribution in [0.1, 0.15) is 15.9 Å². The number of anilines is 1. The van der Waals surface area contributed by atoms with E-state index in [0.717, 1.165) is 60.3 Å². The molecule has 7 nitrogen and oxygen atoms in total. The van der Waals surface area contributed by atoms with Crippen LogP contribution >= 0.6 is 11.3 Å². The Labute approximate surface area is 167 Å². The third kappa shape index (κ3) is 4.83. The highest BCUT2D eigenvalue weighted by molar-refractivity contribution is 7.22. The van der Waals surface area contributed by atoms with Crippen LogP contribution in [0.15, 0.2) is 42.7 Å². The number of nitrogens with zero attached hydrogens (tertiary/aromatic N) is 3. The van der Waals surface area contributed by atoms with E-state index in [1.807, 2.05) is 30.3 Å². The summed E-state index contributed by atoms with van der Waals surface area (Å²) in [6.45, 7) is 5.87. The number of rotatable bonds is 7. The molecule has 1 saturated heterocycles. The maximum atomic E-state index is 12.4. The third-order valence-corrected chi connectivity index (χ3v) is 5.61. The molecular formula is C20H23N5O2S. The van der Waals surface area contributed by atoms with Gasteiger partial charge in [-0.05, 0) is 29.8 Å². The Bertz CT molecular complexity index is 925. The minimum atomic E-state index is -0.0963. The Balaban J connectivity index is 1.33. The molecule has 3 aromatic rings. The fraction of sp³-hybridized carbons (Fsp3) is 0.350. The molecule has 0 unspecified atom stereocenters. The fourth-order valence-electron chi connectivity index (χ4n) is 3.07. The number of ether oxygens (including phenoxy) is 1. The van der Waals surface area contributed by atoms with Crippen molar-refractivity contribution in [3.63, 3.8) is 0 Å². The molecule has 0 atom stereocenters. The van der Waals surface area contributed by atoms with Gasteiger partial charge >= 0.3 is 0 Å². The van der Waals surface area contributed by atoms with Crippen LogP contribution in [-0.4, -0.2) is 60.2 Å². The summed E-state index contributed by atoms with van der Waals surface area (Å²) in [7, 11) is 0. The number of hydrogen-bond acceptors (Lipinski definition) is 7. The second kappa shape index (κ2) is 9.09. The number of morpholine rings is 1. The van der Waals surface area contributed by atoms with E-state index in [0.29, 0.717) is 12.1 Å². The Hall–Kier alpha value is -2.55. The van der Waals surface area contributed by atoms with Gasteiger partial charge in [0.25, 0.3) is 5.91 Å². The first-order chi connectivity index (χ1) is 13.8. The number of aromatic nitrogens is 2. The smallest absolute Gasteiger partial charge is 0.251 e. The molecule has 4 rings (SSSR count). The number of carbonyl (C=O) groups is 1. The van der Waals surface area contributed by atoms with Crippen molar-refractivity contribution in [2.24, 2.45) is 0 Å². The number of fused-ring (bicyclic) bond motifs is 1. The highest BCUT2D eigenvalue weighted by Gasteiger charge is 2.11. The van der Waals surface area contributed by atoms with Crippen molar-refractivity contribution < 1.29 is 9.53 Å². The molecule has 1 aromatic carbocycles. The van der Waals surface area contributed by atoms with Crippen molar-refractivity contribution in [3.05, 3.63) is 53.9 Å². The van der Waals surface area contributed by atoms with Gasteiger partial charge in [0.1, 0.15) is 0 Å². The summed E-state index contributed by atoms with van der Waals surface area (Å²) in [5, 5.41) is 7.21. The molecule has 28 heavy (non-hydrogen) atoms. The Morgan fingerprint density at radius 3 is 2.96 bits per heavy atom. The lowest BCUT2D eigenvalue weighted by atomic mass is 10.2. The van der Waals surface area contributed by atoms with Crippen LogP contribution in [0, 0.1) is 0 Å². The highest BCUT2D eigenvalue weighted by Crippen LogP contribution is 2.26. The minimum absolute atomic E-state index is 0.0963. The van der Waals surface area contributed by atoms with Crippen molar-refractivity contribution in [1.29, 1.82) is 0 Å². The van der Waals surface area contributed by atoms with Crippen LogP contribution in [-0.2, 0) is 11.3 Å². The van der Waals surface area contributed by atoms with E-state index >= 15 is 0 Å². The molecule has 2 aromatic heterocycles. The largest absolute Gasteiger partial charge is 0.379 e. The molecule has 0 aliphatic carbocycles. The van der Waals surface area contributed by atoms with Gasteiger partial charge in [-0.2, -0.15) is 0 Å². The molecule has 1 fully saturated rings. The summed E-state index contributed by atoms with van der Waals surface area (Å²) >= 11 is 1.57. The van der Waals surface area contributed by atoms with Crippen LogP contribution in [0.5, 0.6) is 0 Å². The van der Waals surface area contributed by atoms with Crippen LogP contribution in [0.25, 0.3) is 10.2 Å². The van der Waals surface area contributed by atoms with Crippen molar-refractivity contribution in [2.45, 2.75) is 6.54 Å². The molecule has 0 saturated carbocycles. The zero-order valence-corrected chi connectivity index (χ0v) is 16.4. The maximum Gasteiger partial charge on any atom is 0.251 e. The number of carbonyl (C=O) groups excluding carboxylic acids is 1. The summed E-state index contributed by atoms with van der Waals surface area (Å²) in [4.78, 5) is 23.5. The van der Waals surface area contributed by atoms with Gasteiger partial charge in [-0.3, -0.25) is 14.7 Å². The Morgan fingerprint density at radius 1 is 1.25 bits per heavy atom. The lowest BCUT2D eigenvalue weighted by Gasteiger charge is -2.26. The topological polar surface area (TPSA) is 79.4 Å². The lowest BCUT2D eigenvalue weighted by Crippen LogP contribution is -2.38. The highest BCUT2D eigenvalue weighted by atomic mass is 32.1. The zero-order chi connectivity index (χ0) is 19.2. The van der Waals surface area contributed by atoms with E-state index in [1.54, 1.807) is 23.7 Å². The summed E-state index contributed by atoms with van der Waals surface area (Å²) in [6.07, 6.45) is 3.47. The summed E-state index contributed by atoms with van der Waals surface area (Å²) in [6, 6.07) is 9.42. The van der Waals surface area contributed by atoms with E-state index in [1.165, 1.54) is 0 Å². The number of hydrogen-bond donors (Lipinski definition) is 2. The summed E-state index contributed by atoms with van der Waals surface area (Å²) in [5.41, 5.74) is 2.52. The standard InChI is InChI=1S/C20H23N5O2S/c26-19(23-14-15-2-1-5-21-13-15)16-3-4-17-18(12-16)28-20(24-17)22-6-7-25-8-10-27-11-9-25/h1-5,12-13H,6-11,14H2,(H,22,24)(H,23,26). The monoisotopic (exact) mass is 397 g/mol. The summed E-state index contributed by atoms with van der Waals surface area (Å²) < 4.78 is 6.37. The van der Waals surface area contributed by atoms with Crippen LogP contribution in [0.2, 0.25) is 0 Å². The van der Waals surface area contributed by atoms with Crippen molar-refractivity contribution in [1.82, 2.24) is 20.2 Å². The first-order valence-corrected chi connectivity index (χ1v) is 10.2. The normalized spacial score (nSPS) is 14.9. The first kappa shape index (κ1) is 18.8. The van der Waals surface area contributed by atoms with E-state index in [9.17, 15) is 4.79 Å². The number of amides is 1. The van der Waals surface area contributed by atoms with Gasteiger partial charge < -0.3 is 15.4 Å². The molecule has 0 bridgehead atoms. The maximum absolute atomic E-state index is 12.4. The van der Waals surface area contributed by atoms with Crippen molar-refractivity contribution in [3.8, 4) is 0 Å². The third-order valence-electron chi connectivity index (χ3n) is 4.63. The molecule has 8 heteroatoms. The quantitative estimate of drug-likeness (QED) is 0.637. The van der Waals surface area contributed by atoms with Crippen molar-refractivity contribution in [2.75, 3.05) is 44.7 Å². The minimum Gasteiger partial charge on any atom is -0.379 e. The lowest BCUT2D eigenvalue weighted by molar-refractivity contribution is 0.0398. The molecule has 1 aliphatic heterocycles. The molecule has 146 valence electrons. The molecular weight excluding hydrogens is 374 g/mol. The number of thiazole rings is 1. The van der Waals surface area contributed by atoms with Gasteiger partial charge in [0, 0.05) is 50.7 Å². The predicted octanol–water partition coefficient (Wildman–Crippen LogP) is 2.37. The first-order valence-electron chi connectivity index (χ1n) is 9.39. The average molecular weight is 398 g/mol. The van der Waals surface area contributed by atoms with Crippen molar-refractivity contribution >= 4 is 32.6 Å². The van der Waals surface area contributed by atoms with Gasteiger partial charge in [-0.15, -0.1) is 0 Å². The van der Waals surface area contributed by atoms with Gasteiger partial charge in [0.05, 0.1) is 23.4 Å². The molecule has 1 amide bonds. The second-order valence-electron chi connectivity index (χ2n) is 6.63. The Kier molecular flexibility index (Phi) is 6.11. The number of benzene rings is 1. The SMILES string of the molecule is O=C(NCc1cccnc1)c1ccc2nc(NCCN3CCOCC3)sc2c1. The van der Waals surface area contributed by atoms with E-state index < -0.39 is 0 Å². The fourth-order valence-corrected chi connectivity index (χ4v) is 4.00. The average Bonchev–Trinajstić information content (AvgIpc) is 3.15. The molecule has 1 aliphatic rings. The zero-order valence-electron chi connectivity index (χ0n) is 15.6. The van der Waals surface area contributed by atoms with Crippen LogP contribution in [0.3, 0.4) is 0 Å². The molecule has 0 radical (unpaired) electrons. The van der Waals surface area contributed by atoms with Gasteiger partial charge in [0.15, 0.2) is 5.13 Å². The number of pyridine rings is 1. The van der Waals surface area contributed by atoms with E-state index in [4.69, 9.17) is 4.74 Å². The van der Waals surface area contributed by atoms with E-state index in [-0.39, 0.29) is 5.91 Å². The predicted molar refractivity (Wildman–Crippen MR) is 111 cm³/mol. The van der Waals surface area contributed by atoms with Gasteiger partial charge in [-0.1, -0.05) is 17.4 Å².